The molecule has 0 saturated carbocycles. The fraction of sp³-hybridized carbons (Fsp3) is 0.571. The van der Waals surface area contributed by atoms with Gasteiger partial charge in [0.15, 0.2) is 0 Å². The Bertz CT molecular complexity index is 410. The van der Waals surface area contributed by atoms with Crippen molar-refractivity contribution in [2.45, 2.75) is 50.3 Å². The van der Waals surface area contributed by atoms with Crippen LogP contribution in [0.15, 0.2) is 11.0 Å². The molecule has 19 heavy (non-hydrogen) atoms. The van der Waals surface area contributed by atoms with Crippen LogP contribution in [0.3, 0.4) is 0 Å². The second kappa shape index (κ2) is 9.23. The summed E-state index contributed by atoms with van der Waals surface area (Å²) in [6.45, 7) is 2.22. The van der Waals surface area contributed by atoms with E-state index in [0.717, 1.165) is 17.1 Å². The lowest BCUT2D eigenvalue weighted by Crippen LogP contribution is -1.85. The second-order valence-electron chi connectivity index (χ2n) is 4.45. The molecule has 0 amide bonds. The summed E-state index contributed by atoms with van der Waals surface area (Å²) in [4.78, 5) is 0.764. The van der Waals surface area contributed by atoms with Gasteiger partial charge in [0.2, 0.25) is 0 Å². The monoisotopic (exact) mass is 340 g/mol. The van der Waals surface area contributed by atoms with E-state index in [0.29, 0.717) is 10.0 Å². The van der Waals surface area contributed by atoms with Gasteiger partial charge in [-0.3, -0.25) is 0 Å². The Kier molecular flexibility index (Phi) is 8.40. The van der Waals surface area contributed by atoms with Crippen LogP contribution in [0.4, 0.5) is 0 Å². The minimum atomic E-state index is -0.0689. The van der Waals surface area contributed by atoms with E-state index >= 15 is 0 Å². The second-order valence-corrected chi connectivity index (χ2v) is 6.72. The molecule has 0 atom stereocenters. The number of phenols is 1. The van der Waals surface area contributed by atoms with Crippen LogP contribution in [0.5, 0.6) is 5.75 Å². The number of halogens is 3. The third kappa shape index (κ3) is 5.63. The smallest absolute Gasteiger partial charge is 0.137 e. The topological polar surface area (TPSA) is 20.2 Å². The van der Waals surface area contributed by atoms with Gasteiger partial charge in [-0.1, -0.05) is 73.8 Å². The van der Waals surface area contributed by atoms with Gasteiger partial charge in [0, 0.05) is 11.0 Å². The quantitative estimate of drug-likeness (QED) is 0.318. The molecule has 0 aliphatic carbocycles. The maximum atomic E-state index is 9.49. The molecule has 0 spiro atoms. The SMILES string of the molecule is CCCCCCCCSc1c(Cl)cc(O)c(Cl)c1Cl. The molecule has 1 N–H and O–H groups in total. The van der Waals surface area contributed by atoms with Crippen molar-refractivity contribution in [3.63, 3.8) is 0 Å². The van der Waals surface area contributed by atoms with Gasteiger partial charge in [-0.2, -0.15) is 0 Å². The van der Waals surface area contributed by atoms with Crippen molar-refractivity contribution in [1.82, 2.24) is 0 Å². The number of thioether (sulfide) groups is 1. The molecule has 0 radical (unpaired) electrons. The van der Waals surface area contributed by atoms with Gasteiger partial charge in [0.1, 0.15) is 10.8 Å². The van der Waals surface area contributed by atoms with Crippen LogP contribution in [0.25, 0.3) is 0 Å². The zero-order valence-corrected chi connectivity index (χ0v) is 14.1. The maximum Gasteiger partial charge on any atom is 0.137 e. The van der Waals surface area contributed by atoms with Crippen LogP contribution in [-0.2, 0) is 0 Å². The molecule has 1 nitrogen and oxygen atoms in total. The van der Waals surface area contributed by atoms with E-state index < -0.39 is 0 Å². The Morgan fingerprint density at radius 3 is 2.32 bits per heavy atom. The van der Waals surface area contributed by atoms with Crippen molar-refractivity contribution >= 4 is 46.6 Å². The van der Waals surface area contributed by atoms with E-state index in [1.165, 1.54) is 38.2 Å². The van der Waals surface area contributed by atoms with Crippen molar-refractivity contribution in [2.75, 3.05) is 5.75 Å². The molecular weight excluding hydrogens is 323 g/mol. The minimum Gasteiger partial charge on any atom is -0.506 e. The van der Waals surface area contributed by atoms with Crippen LogP contribution in [0, 0.1) is 0 Å². The number of phenolic OH excluding ortho intramolecular Hbond substituents is 1. The van der Waals surface area contributed by atoms with Gasteiger partial charge in [0.25, 0.3) is 0 Å². The third-order valence-electron chi connectivity index (χ3n) is 2.84. The molecule has 0 fully saturated rings. The first kappa shape index (κ1) is 17.3. The number of hydrogen-bond acceptors (Lipinski definition) is 2. The summed E-state index contributed by atoms with van der Waals surface area (Å²) >= 11 is 19.7. The fourth-order valence-corrected chi connectivity index (χ4v) is 3.71. The van der Waals surface area contributed by atoms with Crippen LogP contribution in [0.1, 0.15) is 45.4 Å². The van der Waals surface area contributed by atoms with Gasteiger partial charge in [0.05, 0.1) is 10.0 Å². The van der Waals surface area contributed by atoms with E-state index in [1.54, 1.807) is 11.8 Å². The third-order valence-corrected chi connectivity index (χ3v) is 5.43. The molecule has 0 bridgehead atoms. The number of benzene rings is 1. The summed E-state index contributed by atoms with van der Waals surface area (Å²) in [5.41, 5.74) is 0. The normalized spacial score (nSPS) is 10.9. The predicted molar refractivity (Wildman–Crippen MR) is 87.2 cm³/mol. The summed E-state index contributed by atoms with van der Waals surface area (Å²) in [6, 6.07) is 1.44. The van der Waals surface area contributed by atoms with E-state index in [1.807, 2.05) is 0 Å². The molecule has 1 aromatic rings. The highest BCUT2D eigenvalue weighted by Crippen LogP contribution is 2.43. The Hall–Kier alpha value is 0.240. The molecule has 0 aliphatic heterocycles. The van der Waals surface area contributed by atoms with Crippen molar-refractivity contribution in [2.24, 2.45) is 0 Å². The van der Waals surface area contributed by atoms with Crippen molar-refractivity contribution in [3.8, 4) is 5.75 Å². The van der Waals surface area contributed by atoms with Gasteiger partial charge < -0.3 is 5.11 Å². The van der Waals surface area contributed by atoms with E-state index in [9.17, 15) is 5.11 Å². The summed E-state index contributed by atoms with van der Waals surface area (Å²) in [7, 11) is 0. The first-order valence-corrected chi connectivity index (χ1v) is 8.69. The van der Waals surface area contributed by atoms with Gasteiger partial charge in [-0.15, -0.1) is 11.8 Å². The summed E-state index contributed by atoms with van der Waals surface area (Å²) in [6.07, 6.45) is 7.55. The largest absolute Gasteiger partial charge is 0.506 e. The molecule has 0 saturated heterocycles. The summed E-state index contributed by atoms with van der Waals surface area (Å²) < 4.78 is 0. The average Bonchev–Trinajstić information content (AvgIpc) is 2.38. The van der Waals surface area contributed by atoms with Gasteiger partial charge in [-0.05, 0) is 12.2 Å². The molecule has 0 aliphatic rings. The molecule has 0 unspecified atom stereocenters. The molecule has 5 heteroatoms. The Labute approximate surface area is 134 Å². The Morgan fingerprint density at radius 1 is 1.00 bits per heavy atom. The van der Waals surface area contributed by atoms with E-state index in [4.69, 9.17) is 34.8 Å². The lowest BCUT2D eigenvalue weighted by atomic mass is 10.1. The summed E-state index contributed by atoms with van der Waals surface area (Å²) in [5, 5.41) is 10.5. The first-order chi connectivity index (χ1) is 9.07. The highest BCUT2D eigenvalue weighted by Gasteiger charge is 2.14. The van der Waals surface area contributed by atoms with Gasteiger partial charge in [-0.25, -0.2) is 0 Å². The van der Waals surface area contributed by atoms with Crippen LogP contribution in [-0.4, -0.2) is 10.9 Å². The van der Waals surface area contributed by atoms with Crippen LogP contribution >= 0.6 is 46.6 Å². The standard InChI is InChI=1S/C14H19Cl3OS/c1-2-3-4-5-6-7-8-19-14-10(15)9-11(18)12(16)13(14)17/h9,18H,2-8H2,1H3. The molecular formula is C14H19Cl3OS. The Morgan fingerprint density at radius 2 is 1.63 bits per heavy atom. The fourth-order valence-electron chi connectivity index (χ4n) is 1.75. The predicted octanol–water partition coefficient (Wildman–Crippen LogP) is 6.81. The lowest BCUT2D eigenvalue weighted by molar-refractivity contribution is 0.475. The highest BCUT2D eigenvalue weighted by molar-refractivity contribution is 7.99. The van der Waals surface area contributed by atoms with Crippen LogP contribution < -0.4 is 0 Å². The zero-order valence-electron chi connectivity index (χ0n) is 11.0. The number of unbranched alkanes of at least 4 members (excludes halogenated alkanes) is 5. The Balaban J connectivity index is 2.39. The van der Waals surface area contributed by atoms with Crippen molar-refractivity contribution < 1.29 is 5.11 Å². The number of rotatable bonds is 8. The van der Waals surface area contributed by atoms with Gasteiger partial charge >= 0.3 is 0 Å². The summed E-state index contributed by atoms with van der Waals surface area (Å²) in [5.74, 6) is 0.896. The molecule has 108 valence electrons. The molecule has 0 aromatic heterocycles. The average molecular weight is 342 g/mol. The van der Waals surface area contributed by atoms with E-state index in [2.05, 4.69) is 6.92 Å². The highest BCUT2D eigenvalue weighted by atomic mass is 35.5. The molecule has 1 rings (SSSR count). The lowest BCUT2D eigenvalue weighted by Gasteiger charge is -2.09. The minimum absolute atomic E-state index is 0.0689. The number of hydrogen-bond donors (Lipinski definition) is 1. The van der Waals surface area contributed by atoms with E-state index in [-0.39, 0.29) is 10.8 Å². The molecule has 0 heterocycles. The first-order valence-electron chi connectivity index (χ1n) is 6.57. The molecule has 1 aromatic carbocycles. The maximum absolute atomic E-state index is 9.49. The van der Waals surface area contributed by atoms with Crippen molar-refractivity contribution in [3.05, 3.63) is 21.1 Å². The zero-order chi connectivity index (χ0) is 14.3. The van der Waals surface area contributed by atoms with Crippen molar-refractivity contribution in [1.29, 1.82) is 0 Å². The van der Waals surface area contributed by atoms with Crippen LogP contribution in [0.2, 0.25) is 15.1 Å². The number of aromatic hydroxyl groups is 1.